The Morgan fingerprint density at radius 2 is 2.29 bits per heavy atom. The van der Waals surface area contributed by atoms with E-state index >= 15 is 0 Å². The zero-order valence-corrected chi connectivity index (χ0v) is 10.7. The highest BCUT2D eigenvalue weighted by Gasteiger charge is 2.19. The van der Waals surface area contributed by atoms with Gasteiger partial charge in [-0.3, -0.25) is 9.48 Å². The fourth-order valence-corrected chi connectivity index (χ4v) is 1.68. The summed E-state index contributed by atoms with van der Waals surface area (Å²) in [4.78, 5) is 11.6. The molecule has 0 aliphatic rings. The number of ether oxygens (including phenoxy) is 1. The van der Waals surface area contributed by atoms with Gasteiger partial charge in [0.05, 0.1) is 13.2 Å². The molecule has 17 heavy (non-hydrogen) atoms. The minimum atomic E-state index is -0.236. The zero-order chi connectivity index (χ0) is 12.7. The topological polar surface area (TPSA) is 56.1 Å². The highest BCUT2D eigenvalue weighted by Crippen LogP contribution is 1.99. The molecular formula is C12H21N3O2. The van der Waals surface area contributed by atoms with Gasteiger partial charge in [0.15, 0.2) is 0 Å². The van der Waals surface area contributed by atoms with E-state index in [9.17, 15) is 4.79 Å². The van der Waals surface area contributed by atoms with Crippen LogP contribution in [0, 0.1) is 0 Å². The summed E-state index contributed by atoms with van der Waals surface area (Å²) in [6.07, 6.45) is 4.38. The van der Waals surface area contributed by atoms with Gasteiger partial charge in [-0.1, -0.05) is 6.92 Å². The number of carbonyl (C=O) groups is 1. The van der Waals surface area contributed by atoms with Crippen molar-refractivity contribution in [3.63, 3.8) is 0 Å². The predicted molar refractivity (Wildman–Crippen MR) is 65.5 cm³/mol. The van der Waals surface area contributed by atoms with Crippen molar-refractivity contribution in [1.82, 2.24) is 15.1 Å². The second-order valence-corrected chi connectivity index (χ2v) is 4.01. The summed E-state index contributed by atoms with van der Waals surface area (Å²) in [5.74, 6) is -0.178. The number of hydrogen-bond donors (Lipinski definition) is 1. The van der Waals surface area contributed by atoms with Crippen molar-refractivity contribution in [2.24, 2.45) is 0 Å². The average molecular weight is 239 g/mol. The quantitative estimate of drug-likeness (QED) is 0.726. The van der Waals surface area contributed by atoms with E-state index in [4.69, 9.17) is 4.74 Å². The van der Waals surface area contributed by atoms with Gasteiger partial charge in [-0.2, -0.15) is 5.10 Å². The maximum atomic E-state index is 11.6. The lowest BCUT2D eigenvalue weighted by molar-refractivity contribution is -0.146. The zero-order valence-electron chi connectivity index (χ0n) is 10.7. The molecule has 5 nitrogen and oxygen atoms in total. The van der Waals surface area contributed by atoms with Crippen LogP contribution in [0.25, 0.3) is 0 Å². The largest absolute Gasteiger partial charge is 0.465 e. The summed E-state index contributed by atoms with van der Waals surface area (Å²) in [7, 11) is 0. The summed E-state index contributed by atoms with van der Waals surface area (Å²) in [5, 5.41) is 7.39. The molecule has 2 unspecified atom stereocenters. The molecule has 0 bridgehead atoms. The second kappa shape index (κ2) is 7.06. The number of nitrogens with one attached hydrogen (secondary N) is 1. The minimum Gasteiger partial charge on any atom is -0.465 e. The van der Waals surface area contributed by atoms with E-state index in [1.165, 1.54) is 0 Å². The Hall–Kier alpha value is -1.36. The van der Waals surface area contributed by atoms with Gasteiger partial charge in [0.2, 0.25) is 0 Å². The van der Waals surface area contributed by atoms with Crippen molar-refractivity contribution in [3.05, 3.63) is 18.5 Å². The average Bonchev–Trinajstić information content (AvgIpc) is 2.78. The van der Waals surface area contributed by atoms with Crippen LogP contribution in [-0.2, 0) is 16.1 Å². The summed E-state index contributed by atoms with van der Waals surface area (Å²) in [5.41, 5.74) is 0. The van der Waals surface area contributed by atoms with Crippen molar-refractivity contribution < 1.29 is 9.53 Å². The lowest BCUT2D eigenvalue weighted by Crippen LogP contribution is -2.44. The maximum absolute atomic E-state index is 11.6. The van der Waals surface area contributed by atoms with Crippen molar-refractivity contribution in [3.8, 4) is 0 Å². The van der Waals surface area contributed by atoms with E-state index in [1.54, 1.807) is 6.20 Å². The highest BCUT2D eigenvalue weighted by atomic mass is 16.5. The van der Waals surface area contributed by atoms with Gasteiger partial charge in [-0.15, -0.1) is 0 Å². The lowest BCUT2D eigenvalue weighted by atomic mass is 10.2. The standard InChI is InChI=1S/C12H21N3O2/c1-4-11(12(16)17-5-2)14-10(3)9-15-8-6-7-13-15/h6-8,10-11,14H,4-5,9H2,1-3H3. The van der Waals surface area contributed by atoms with Crippen LogP contribution < -0.4 is 5.32 Å². The molecule has 96 valence electrons. The second-order valence-electron chi connectivity index (χ2n) is 4.01. The van der Waals surface area contributed by atoms with E-state index in [1.807, 2.05) is 37.7 Å². The van der Waals surface area contributed by atoms with Crippen LogP contribution in [0.1, 0.15) is 27.2 Å². The highest BCUT2D eigenvalue weighted by molar-refractivity contribution is 5.75. The van der Waals surface area contributed by atoms with Crippen molar-refractivity contribution in [2.75, 3.05) is 6.61 Å². The summed E-state index contributed by atoms with van der Waals surface area (Å²) in [6.45, 7) is 6.98. The normalized spacial score (nSPS) is 14.3. The first kappa shape index (κ1) is 13.7. The molecular weight excluding hydrogens is 218 g/mol. The predicted octanol–water partition coefficient (Wildman–Crippen LogP) is 1.20. The van der Waals surface area contributed by atoms with Crippen molar-refractivity contribution in [2.45, 2.75) is 45.8 Å². The first-order chi connectivity index (χ1) is 8.17. The molecule has 0 aliphatic carbocycles. The van der Waals surface area contributed by atoms with Gasteiger partial charge in [-0.25, -0.2) is 0 Å². The van der Waals surface area contributed by atoms with E-state index in [0.717, 1.165) is 13.0 Å². The third kappa shape index (κ3) is 4.56. The molecule has 2 atom stereocenters. The monoisotopic (exact) mass is 239 g/mol. The van der Waals surface area contributed by atoms with Crippen LogP contribution in [-0.4, -0.2) is 34.4 Å². The first-order valence-corrected chi connectivity index (χ1v) is 6.07. The molecule has 0 amide bonds. The molecule has 1 aromatic rings. The molecule has 0 radical (unpaired) electrons. The molecule has 0 spiro atoms. The summed E-state index contributed by atoms with van der Waals surface area (Å²) >= 11 is 0. The molecule has 5 heteroatoms. The van der Waals surface area contributed by atoms with Gasteiger partial charge in [0.1, 0.15) is 6.04 Å². The third-order valence-corrected chi connectivity index (χ3v) is 2.49. The van der Waals surface area contributed by atoms with Crippen LogP contribution in [0.15, 0.2) is 18.5 Å². The number of nitrogens with zero attached hydrogens (tertiary/aromatic N) is 2. The smallest absolute Gasteiger partial charge is 0.323 e. The minimum absolute atomic E-state index is 0.171. The van der Waals surface area contributed by atoms with Gasteiger partial charge < -0.3 is 10.1 Å². The lowest BCUT2D eigenvalue weighted by Gasteiger charge is -2.20. The fourth-order valence-electron chi connectivity index (χ4n) is 1.68. The molecule has 0 saturated heterocycles. The molecule has 1 aromatic heterocycles. The van der Waals surface area contributed by atoms with Crippen LogP contribution in [0.3, 0.4) is 0 Å². The third-order valence-electron chi connectivity index (χ3n) is 2.49. The number of aromatic nitrogens is 2. The van der Waals surface area contributed by atoms with Gasteiger partial charge >= 0.3 is 5.97 Å². The van der Waals surface area contributed by atoms with E-state index < -0.39 is 0 Å². The number of hydrogen-bond acceptors (Lipinski definition) is 4. The van der Waals surface area contributed by atoms with Gasteiger partial charge in [-0.05, 0) is 26.3 Å². The Morgan fingerprint density at radius 3 is 2.82 bits per heavy atom. The van der Waals surface area contributed by atoms with Crippen LogP contribution in [0.2, 0.25) is 0 Å². The molecule has 1 rings (SSSR count). The Labute approximate surface area is 102 Å². The Balaban J connectivity index is 2.42. The first-order valence-electron chi connectivity index (χ1n) is 6.07. The van der Waals surface area contributed by atoms with E-state index in [2.05, 4.69) is 10.4 Å². The molecule has 1 heterocycles. The number of carbonyl (C=O) groups excluding carboxylic acids is 1. The summed E-state index contributed by atoms with van der Waals surface area (Å²) < 4.78 is 6.85. The summed E-state index contributed by atoms with van der Waals surface area (Å²) in [6, 6.07) is 1.82. The molecule has 0 fully saturated rings. The maximum Gasteiger partial charge on any atom is 0.323 e. The number of rotatable bonds is 7. The molecule has 0 aromatic carbocycles. The van der Waals surface area contributed by atoms with Gasteiger partial charge in [0.25, 0.3) is 0 Å². The Morgan fingerprint density at radius 1 is 1.53 bits per heavy atom. The SMILES string of the molecule is CCOC(=O)C(CC)NC(C)Cn1cccn1. The van der Waals surface area contributed by atoms with Crippen LogP contribution in [0.4, 0.5) is 0 Å². The fraction of sp³-hybridized carbons (Fsp3) is 0.667. The van der Waals surface area contributed by atoms with Gasteiger partial charge in [0, 0.05) is 18.4 Å². The van der Waals surface area contributed by atoms with E-state index in [0.29, 0.717) is 6.61 Å². The number of esters is 1. The molecule has 0 saturated carbocycles. The molecule has 1 N–H and O–H groups in total. The van der Waals surface area contributed by atoms with Crippen LogP contribution >= 0.6 is 0 Å². The van der Waals surface area contributed by atoms with Crippen LogP contribution in [0.5, 0.6) is 0 Å². The Bertz CT molecular complexity index is 325. The van der Waals surface area contributed by atoms with Crippen molar-refractivity contribution in [1.29, 1.82) is 0 Å². The molecule has 0 aliphatic heterocycles. The van der Waals surface area contributed by atoms with Crippen molar-refractivity contribution >= 4 is 5.97 Å². The Kier molecular flexibility index (Phi) is 5.69. The van der Waals surface area contributed by atoms with E-state index in [-0.39, 0.29) is 18.1 Å².